The average Bonchev–Trinajstić information content (AvgIpc) is 2.97. The molecule has 3 heteroatoms. The first-order chi connectivity index (χ1) is 9.13. The van der Waals surface area contributed by atoms with Crippen molar-refractivity contribution in [3.05, 3.63) is 0 Å². The Morgan fingerprint density at radius 1 is 0.947 bits per heavy atom. The third-order valence-electron chi connectivity index (χ3n) is 6.08. The van der Waals surface area contributed by atoms with Crippen LogP contribution in [0.5, 0.6) is 0 Å². The monoisotopic (exact) mass is 280 g/mol. The lowest BCUT2D eigenvalue weighted by molar-refractivity contribution is 0.223. The number of thiocarbonyl (C=S) groups is 1. The molecule has 0 aromatic heterocycles. The van der Waals surface area contributed by atoms with Gasteiger partial charge in [-0.15, -0.1) is 0 Å². The minimum atomic E-state index is 0.586. The number of fused-ring (bicyclic) bond motifs is 2. The van der Waals surface area contributed by atoms with E-state index >= 15 is 0 Å². The van der Waals surface area contributed by atoms with Gasteiger partial charge in [-0.1, -0.05) is 33.1 Å². The number of rotatable bonds is 2. The van der Waals surface area contributed by atoms with E-state index < -0.39 is 0 Å². The zero-order valence-corrected chi connectivity index (χ0v) is 13.1. The zero-order chi connectivity index (χ0) is 13.4. The van der Waals surface area contributed by atoms with E-state index in [1.807, 2.05) is 0 Å². The van der Waals surface area contributed by atoms with E-state index in [-0.39, 0.29) is 0 Å². The summed E-state index contributed by atoms with van der Waals surface area (Å²) in [4.78, 5) is 0. The SMILES string of the molecule is C[C@H]1[C@@H](NC(=S)N[C@@H]2C[C@@H]3CC[C@@H]2C3)CCC[C@@H]1C. The first-order valence-electron chi connectivity index (χ1n) is 8.20. The molecule has 2 N–H and O–H groups in total. The topological polar surface area (TPSA) is 24.1 Å². The Morgan fingerprint density at radius 2 is 1.74 bits per heavy atom. The molecule has 2 nitrogen and oxygen atoms in total. The van der Waals surface area contributed by atoms with Crippen LogP contribution in [0.25, 0.3) is 0 Å². The summed E-state index contributed by atoms with van der Waals surface area (Å²) >= 11 is 5.56. The van der Waals surface area contributed by atoms with E-state index in [4.69, 9.17) is 12.2 Å². The molecule has 0 unspecified atom stereocenters. The Morgan fingerprint density at radius 3 is 2.42 bits per heavy atom. The highest BCUT2D eigenvalue weighted by atomic mass is 32.1. The summed E-state index contributed by atoms with van der Waals surface area (Å²) in [5.41, 5.74) is 0. The maximum atomic E-state index is 5.56. The predicted molar refractivity (Wildman–Crippen MR) is 84.1 cm³/mol. The van der Waals surface area contributed by atoms with Crippen molar-refractivity contribution in [3.63, 3.8) is 0 Å². The quantitative estimate of drug-likeness (QED) is 0.758. The molecule has 0 saturated heterocycles. The van der Waals surface area contributed by atoms with Crippen LogP contribution in [0.3, 0.4) is 0 Å². The minimum Gasteiger partial charge on any atom is -0.360 e. The van der Waals surface area contributed by atoms with Crippen molar-refractivity contribution in [2.45, 2.75) is 70.9 Å². The molecule has 3 aliphatic carbocycles. The summed E-state index contributed by atoms with van der Waals surface area (Å²) in [6, 6.07) is 1.25. The molecule has 0 amide bonds. The van der Waals surface area contributed by atoms with Gasteiger partial charge in [0.1, 0.15) is 0 Å². The lowest BCUT2D eigenvalue weighted by atomic mass is 9.78. The summed E-state index contributed by atoms with van der Waals surface area (Å²) in [6.07, 6.45) is 9.68. The predicted octanol–water partition coefficient (Wildman–Crippen LogP) is 3.46. The zero-order valence-electron chi connectivity index (χ0n) is 12.3. The smallest absolute Gasteiger partial charge is 0.166 e. The Balaban J connectivity index is 1.48. The number of hydrogen-bond donors (Lipinski definition) is 2. The standard InChI is InChI=1S/C16H28N2S/c1-10-4-3-5-14(11(10)2)17-16(19)18-15-9-12-6-7-13(15)8-12/h10-15H,3-9H2,1-2H3,(H2,17,18,19)/t10-,11+,12+,13+,14-,15+/m0/s1. The van der Waals surface area contributed by atoms with Gasteiger partial charge < -0.3 is 10.6 Å². The van der Waals surface area contributed by atoms with Gasteiger partial charge in [0, 0.05) is 12.1 Å². The van der Waals surface area contributed by atoms with Crippen LogP contribution in [-0.4, -0.2) is 17.2 Å². The molecular weight excluding hydrogens is 252 g/mol. The van der Waals surface area contributed by atoms with E-state index in [2.05, 4.69) is 24.5 Å². The Bertz CT molecular complexity index is 344. The Kier molecular flexibility index (Phi) is 4.02. The highest BCUT2D eigenvalue weighted by Gasteiger charge is 2.40. The van der Waals surface area contributed by atoms with Crippen LogP contribution in [0.1, 0.15) is 58.8 Å². The van der Waals surface area contributed by atoms with E-state index in [9.17, 15) is 0 Å². The van der Waals surface area contributed by atoms with E-state index in [0.29, 0.717) is 12.1 Å². The highest BCUT2D eigenvalue weighted by Crippen LogP contribution is 2.44. The van der Waals surface area contributed by atoms with Crippen LogP contribution in [0.2, 0.25) is 0 Å². The van der Waals surface area contributed by atoms with Gasteiger partial charge in [-0.3, -0.25) is 0 Å². The number of hydrogen-bond acceptors (Lipinski definition) is 1. The molecule has 3 saturated carbocycles. The van der Waals surface area contributed by atoms with E-state index in [0.717, 1.165) is 28.8 Å². The first kappa shape index (κ1) is 13.7. The maximum absolute atomic E-state index is 5.56. The Labute approximate surface area is 123 Å². The van der Waals surface area contributed by atoms with Crippen LogP contribution in [0.4, 0.5) is 0 Å². The lowest BCUT2D eigenvalue weighted by Crippen LogP contribution is -2.51. The van der Waals surface area contributed by atoms with E-state index in [1.165, 1.54) is 44.9 Å². The fraction of sp³-hybridized carbons (Fsp3) is 0.938. The van der Waals surface area contributed by atoms with Crippen LogP contribution >= 0.6 is 12.2 Å². The molecule has 0 heterocycles. The molecule has 3 rings (SSSR count). The van der Waals surface area contributed by atoms with Crippen molar-refractivity contribution < 1.29 is 0 Å². The molecule has 2 bridgehead atoms. The van der Waals surface area contributed by atoms with E-state index in [1.54, 1.807) is 0 Å². The summed E-state index contributed by atoms with van der Waals surface area (Å²) in [5, 5.41) is 8.14. The van der Waals surface area contributed by atoms with Crippen LogP contribution in [0.15, 0.2) is 0 Å². The van der Waals surface area contributed by atoms with Crippen molar-refractivity contribution >= 4 is 17.3 Å². The molecule has 108 valence electrons. The van der Waals surface area contributed by atoms with Gasteiger partial charge in [0.2, 0.25) is 0 Å². The van der Waals surface area contributed by atoms with Crippen LogP contribution in [0, 0.1) is 23.7 Å². The van der Waals surface area contributed by atoms with Crippen molar-refractivity contribution in [2.75, 3.05) is 0 Å². The van der Waals surface area contributed by atoms with Crippen molar-refractivity contribution in [3.8, 4) is 0 Å². The van der Waals surface area contributed by atoms with Gasteiger partial charge in [0.15, 0.2) is 5.11 Å². The third kappa shape index (κ3) is 2.91. The molecular formula is C16H28N2S. The van der Waals surface area contributed by atoms with Gasteiger partial charge in [-0.25, -0.2) is 0 Å². The molecule has 0 aliphatic heterocycles. The fourth-order valence-electron chi connectivity index (χ4n) is 4.59. The minimum absolute atomic E-state index is 0.586. The molecule has 0 radical (unpaired) electrons. The maximum Gasteiger partial charge on any atom is 0.166 e. The van der Waals surface area contributed by atoms with Crippen molar-refractivity contribution in [1.82, 2.24) is 10.6 Å². The molecule has 3 aliphatic rings. The summed E-state index contributed by atoms with van der Waals surface area (Å²) in [7, 11) is 0. The van der Waals surface area contributed by atoms with Gasteiger partial charge in [-0.05, 0) is 61.6 Å². The molecule has 0 aromatic carbocycles. The fourth-order valence-corrected chi connectivity index (χ4v) is 4.89. The Hall–Kier alpha value is -0.310. The van der Waals surface area contributed by atoms with Crippen molar-refractivity contribution in [1.29, 1.82) is 0 Å². The molecule has 3 fully saturated rings. The van der Waals surface area contributed by atoms with Gasteiger partial charge in [0.25, 0.3) is 0 Å². The first-order valence-corrected chi connectivity index (χ1v) is 8.61. The van der Waals surface area contributed by atoms with Crippen molar-refractivity contribution in [2.24, 2.45) is 23.7 Å². The van der Waals surface area contributed by atoms with Crippen LogP contribution in [-0.2, 0) is 0 Å². The highest BCUT2D eigenvalue weighted by molar-refractivity contribution is 7.80. The second-order valence-electron chi connectivity index (χ2n) is 7.27. The largest absolute Gasteiger partial charge is 0.360 e. The molecule has 0 aromatic rings. The molecule has 6 atom stereocenters. The lowest BCUT2D eigenvalue weighted by Gasteiger charge is -2.36. The number of nitrogens with one attached hydrogen (secondary N) is 2. The second-order valence-corrected chi connectivity index (χ2v) is 7.68. The van der Waals surface area contributed by atoms with Gasteiger partial charge in [0.05, 0.1) is 0 Å². The summed E-state index contributed by atoms with van der Waals surface area (Å²) in [6.45, 7) is 4.76. The average molecular weight is 280 g/mol. The van der Waals surface area contributed by atoms with Gasteiger partial charge in [-0.2, -0.15) is 0 Å². The van der Waals surface area contributed by atoms with Gasteiger partial charge >= 0.3 is 0 Å². The second kappa shape index (κ2) is 5.59. The summed E-state index contributed by atoms with van der Waals surface area (Å²) in [5.74, 6) is 3.46. The normalized spacial score (nSPS) is 45.2. The van der Waals surface area contributed by atoms with Crippen LogP contribution < -0.4 is 10.6 Å². The third-order valence-corrected chi connectivity index (χ3v) is 6.31. The molecule has 19 heavy (non-hydrogen) atoms. The summed E-state index contributed by atoms with van der Waals surface area (Å²) < 4.78 is 0. The molecule has 0 spiro atoms.